The van der Waals surface area contributed by atoms with Gasteiger partial charge in [0.15, 0.2) is 11.2 Å². The third-order valence-corrected chi connectivity index (χ3v) is 7.29. The lowest BCUT2D eigenvalue weighted by Crippen LogP contribution is -2.09. The van der Waals surface area contributed by atoms with Crippen LogP contribution in [0.25, 0.3) is 55.9 Å². The molecule has 8 aromatic rings. The first-order chi connectivity index (χ1) is 20.3. The predicted molar refractivity (Wildman–Crippen MR) is 165 cm³/mol. The molecule has 0 spiro atoms. The van der Waals surface area contributed by atoms with Crippen LogP contribution >= 0.6 is 0 Å². The molecule has 2 aromatic heterocycles. The molecule has 194 valence electrons. The highest BCUT2D eigenvalue weighted by molar-refractivity contribution is 5.89. The van der Waals surface area contributed by atoms with Crippen LogP contribution < -0.4 is 4.90 Å². The smallest absolute Gasteiger partial charge is 0.227 e. The molecule has 0 fully saturated rings. The molecule has 0 amide bonds. The summed E-state index contributed by atoms with van der Waals surface area (Å²) in [5.41, 5.74) is 7.87. The highest BCUT2D eigenvalue weighted by Crippen LogP contribution is 2.37. The van der Waals surface area contributed by atoms with Crippen molar-refractivity contribution in [2.24, 2.45) is 0 Å². The first kappa shape index (κ1) is 23.2. The van der Waals surface area contributed by atoms with E-state index < -0.39 is 0 Å². The van der Waals surface area contributed by atoms with Crippen molar-refractivity contribution in [1.29, 1.82) is 0 Å². The number of fused-ring (bicyclic) bond motifs is 3. The Balaban J connectivity index is 1.16. The Morgan fingerprint density at radius 1 is 0.415 bits per heavy atom. The maximum atomic E-state index is 6.31. The van der Waals surface area contributed by atoms with Crippen molar-refractivity contribution in [1.82, 2.24) is 9.97 Å². The standard InChI is InChI=1S/C36H23N3O2/c1-3-11-28(12-4-1)39(29-13-5-2-6-14-29)30-18-20-32-34(23-30)41-36(38-32)27-17-19-31-33(22-27)40-35(37-31)26-16-15-24-9-7-8-10-25(24)21-26/h1-23H. The minimum absolute atomic E-state index is 0.536. The van der Waals surface area contributed by atoms with E-state index in [0.717, 1.165) is 44.6 Å². The summed E-state index contributed by atoms with van der Waals surface area (Å²) >= 11 is 0. The van der Waals surface area contributed by atoms with Crippen LogP contribution in [0.5, 0.6) is 0 Å². The zero-order valence-electron chi connectivity index (χ0n) is 21.9. The fourth-order valence-electron chi connectivity index (χ4n) is 5.28. The average molecular weight is 530 g/mol. The summed E-state index contributed by atoms with van der Waals surface area (Å²) in [5.74, 6) is 1.13. The Morgan fingerprint density at radius 2 is 0.951 bits per heavy atom. The lowest BCUT2D eigenvalue weighted by Gasteiger charge is -2.25. The molecule has 0 aliphatic carbocycles. The van der Waals surface area contributed by atoms with Crippen LogP contribution in [-0.4, -0.2) is 9.97 Å². The number of rotatable bonds is 5. The Hall–Kier alpha value is -5.68. The van der Waals surface area contributed by atoms with Crippen LogP contribution in [-0.2, 0) is 0 Å². The number of para-hydroxylation sites is 2. The number of hydrogen-bond donors (Lipinski definition) is 0. The quantitative estimate of drug-likeness (QED) is 0.222. The number of aromatic nitrogens is 2. The second-order valence-corrected chi connectivity index (χ2v) is 9.94. The van der Waals surface area contributed by atoms with Gasteiger partial charge in [0, 0.05) is 34.3 Å². The van der Waals surface area contributed by atoms with Crippen molar-refractivity contribution in [2.45, 2.75) is 0 Å². The maximum Gasteiger partial charge on any atom is 0.227 e. The molecular formula is C36H23N3O2. The summed E-state index contributed by atoms with van der Waals surface area (Å²) in [7, 11) is 0. The van der Waals surface area contributed by atoms with Crippen molar-refractivity contribution in [3.05, 3.63) is 140 Å². The lowest BCUT2D eigenvalue weighted by molar-refractivity contribution is 0.614. The zero-order valence-corrected chi connectivity index (χ0v) is 21.9. The Kier molecular flexibility index (Phi) is 5.38. The lowest BCUT2D eigenvalue weighted by atomic mass is 10.1. The van der Waals surface area contributed by atoms with Gasteiger partial charge in [-0.3, -0.25) is 0 Å². The molecule has 0 aliphatic heterocycles. The largest absolute Gasteiger partial charge is 0.436 e. The molecule has 0 unspecified atom stereocenters. The summed E-state index contributed by atoms with van der Waals surface area (Å²) in [6.07, 6.45) is 0. The van der Waals surface area contributed by atoms with E-state index in [-0.39, 0.29) is 0 Å². The average Bonchev–Trinajstić information content (AvgIpc) is 3.66. The van der Waals surface area contributed by atoms with Crippen molar-refractivity contribution in [2.75, 3.05) is 4.90 Å². The van der Waals surface area contributed by atoms with Crippen molar-refractivity contribution < 1.29 is 8.83 Å². The van der Waals surface area contributed by atoms with E-state index in [1.165, 1.54) is 5.39 Å². The van der Waals surface area contributed by atoms with Gasteiger partial charge in [0.05, 0.1) is 0 Å². The van der Waals surface area contributed by atoms with Gasteiger partial charge in [0.2, 0.25) is 11.8 Å². The highest BCUT2D eigenvalue weighted by atomic mass is 16.4. The van der Waals surface area contributed by atoms with Crippen LogP contribution in [0.2, 0.25) is 0 Å². The Morgan fingerprint density at radius 3 is 1.63 bits per heavy atom. The van der Waals surface area contributed by atoms with Gasteiger partial charge in [0.25, 0.3) is 0 Å². The maximum absolute atomic E-state index is 6.31. The normalized spacial score (nSPS) is 11.4. The zero-order chi connectivity index (χ0) is 27.2. The molecule has 0 saturated carbocycles. The Labute approximate surface area is 235 Å². The number of nitrogens with zero attached hydrogens (tertiary/aromatic N) is 3. The van der Waals surface area contributed by atoms with E-state index in [9.17, 15) is 0 Å². The number of hydrogen-bond acceptors (Lipinski definition) is 5. The van der Waals surface area contributed by atoms with Crippen molar-refractivity contribution in [3.8, 4) is 22.9 Å². The molecule has 0 atom stereocenters. The molecule has 5 heteroatoms. The molecule has 0 N–H and O–H groups in total. The first-order valence-corrected chi connectivity index (χ1v) is 13.5. The van der Waals surface area contributed by atoms with Crippen LogP contribution in [0.1, 0.15) is 0 Å². The minimum Gasteiger partial charge on any atom is -0.436 e. The molecule has 2 heterocycles. The SMILES string of the molecule is c1ccc(N(c2ccccc2)c2ccc3nc(-c4ccc5nc(-c6ccc7ccccc7c6)oc5c4)oc3c2)cc1. The van der Waals surface area contributed by atoms with E-state index in [0.29, 0.717) is 22.9 Å². The molecule has 5 nitrogen and oxygen atoms in total. The van der Waals surface area contributed by atoms with Crippen LogP contribution in [0.3, 0.4) is 0 Å². The van der Waals surface area contributed by atoms with Crippen LogP contribution in [0, 0.1) is 0 Å². The fraction of sp³-hybridized carbons (Fsp3) is 0. The first-order valence-electron chi connectivity index (χ1n) is 13.5. The van der Waals surface area contributed by atoms with Gasteiger partial charge in [-0.25, -0.2) is 9.97 Å². The predicted octanol–water partition coefficient (Wildman–Crippen LogP) is 9.93. The second-order valence-electron chi connectivity index (χ2n) is 9.94. The van der Waals surface area contributed by atoms with E-state index in [4.69, 9.17) is 18.8 Å². The highest BCUT2D eigenvalue weighted by Gasteiger charge is 2.16. The Bertz CT molecular complexity index is 2130. The summed E-state index contributed by atoms with van der Waals surface area (Å²) in [6.45, 7) is 0. The number of benzene rings is 6. The molecule has 0 aliphatic rings. The van der Waals surface area contributed by atoms with E-state index in [1.54, 1.807) is 0 Å². The van der Waals surface area contributed by atoms with E-state index in [1.807, 2.05) is 84.9 Å². The molecule has 0 radical (unpaired) electrons. The molecule has 8 rings (SSSR count). The van der Waals surface area contributed by atoms with Crippen LogP contribution in [0.4, 0.5) is 17.1 Å². The summed E-state index contributed by atoms with van der Waals surface area (Å²) in [5, 5.41) is 2.33. The van der Waals surface area contributed by atoms with Gasteiger partial charge in [-0.05, 0) is 77.5 Å². The van der Waals surface area contributed by atoms with Crippen molar-refractivity contribution >= 4 is 50.0 Å². The van der Waals surface area contributed by atoms with E-state index in [2.05, 4.69) is 59.5 Å². The topological polar surface area (TPSA) is 55.3 Å². The van der Waals surface area contributed by atoms with Crippen molar-refractivity contribution in [3.63, 3.8) is 0 Å². The fourth-order valence-corrected chi connectivity index (χ4v) is 5.28. The molecule has 6 aromatic carbocycles. The van der Waals surface area contributed by atoms with Gasteiger partial charge in [-0.15, -0.1) is 0 Å². The summed E-state index contributed by atoms with van der Waals surface area (Å²) in [4.78, 5) is 11.7. The molecular weight excluding hydrogens is 506 g/mol. The van der Waals surface area contributed by atoms with Gasteiger partial charge >= 0.3 is 0 Å². The van der Waals surface area contributed by atoms with Gasteiger partial charge < -0.3 is 13.7 Å². The molecule has 41 heavy (non-hydrogen) atoms. The van der Waals surface area contributed by atoms with Gasteiger partial charge in [0.1, 0.15) is 11.0 Å². The molecule has 0 saturated heterocycles. The third kappa shape index (κ3) is 4.21. The summed E-state index contributed by atoms with van der Waals surface area (Å²) < 4.78 is 12.5. The molecule has 0 bridgehead atoms. The van der Waals surface area contributed by atoms with Gasteiger partial charge in [-0.2, -0.15) is 0 Å². The number of oxazole rings is 2. The number of anilines is 3. The van der Waals surface area contributed by atoms with Crippen LogP contribution in [0.15, 0.2) is 148 Å². The van der Waals surface area contributed by atoms with Gasteiger partial charge in [-0.1, -0.05) is 66.7 Å². The summed E-state index contributed by atoms with van der Waals surface area (Å²) in [6, 6.07) is 47.1. The monoisotopic (exact) mass is 529 g/mol. The third-order valence-electron chi connectivity index (χ3n) is 7.29. The van der Waals surface area contributed by atoms with E-state index >= 15 is 0 Å². The minimum atomic E-state index is 0.536. The second kappa shape index (κ2) is 9.50.